The lowest BCUT2D eigenvalue weighted by Gasteiger charge is -2.14. The number of amides is 1. The lowest BCUT2D eigenvalue weighted by atomic mass is 9.95. The van der Waals surface area contributed by atoms with Crippen molar-refractivity contribution in [1.82, 2.24) is 10.3 Å². The smallest absolute Gasteiger partial charge is 0.261 e. The molecule has 1 saturated carbocycles. The van der Waals surface area contributed by atoms with Gasteiger partial charge in [-0.1, -0.05) is 24.3 Å². The Morgan fingerprint density at radius 3 is 2.48 bits per heavy atom. The van der Waals surface area contributed by atoms with Crippen LogP contribution in [-0.2, 0) is 15.3 Å². The summed E-state index contributed by atoms with van der Waals surface area (Å²) in [6.45, 7) is 0.0791. The van der Waals surface area contributed by atoms with Crippen LogP contribution < -0.4 is 10.9 Å². The molecule has 1 aromatic heterocycles. The van der Waals surface area contributed by atoms with Crippen molar-refractivity contribution in [2.45, 2.75) is 24.3 Å². The number of benzene rings is 1. The molecule has 0 radical (unpaired) electrons. The summed E-state index contributed by atoms with van der Waals surface area (Å²) in [4.78, 5) is 27.2. The highest BCUT2D eigenvalue weighted by molar-refractivity contribution is 7.94. The van der Waals surface area contributed by atoms with Crippen molar-refractivity contribution >= 4 is 15.7 Å². The number of hydrogen-bond acceptors (Lipinski definition) is 6. The maximum absolute atomic E-state index is 12.4. The van der Waals surface area contributed by atoms with Gasteiger partial charge in [0.1, 0.15) is 11.3 Å². The van der Waals surface area contributed by atoms with Gasteiger partial charge in [0.25, 0.3) is 11.5 Å². The van der Waals surface area contributed by atoms with Gasteiger partial charge >= 0.3 is 0 Å². The van der Waals surface area contributed by atoms with Gasteiger partial charge in [0.05, 0.1) is 24.1 Å². The molecule has 1 fully saturated rings. The number of aliphatic hydroxyl groups is 1. The number of aromatic hydroxyl groups is 1. The minimum absolute atomic E-state index is 0.0791. The van der Waals surface area contributed by atoms with E-state index in [0.29, 0.717) is 5.56 Å². The molecule has 29 heavy (non-hydrogen) atoms. The fourth-order valence-corrected chi connectivity index (χ4v) is 4.73. The van der Waals surface area contributed by atoms with Gasteiger partial charge in [-0.05, 0) is 24.5 Å². The van der Waals surface area contributed by atoms with Gasteiger partial charge in [-0.3, -0.25) is 9.59 Å². The van der Waals surface area contributed by atoms with Crippen LogP contribution in [0.1, 0.15) is 28.8 Å². The molecule has 2 aromatic rings. The number of hydrogen-bond donors (Lipinski definition) is 4. The number of pyridine rings is 1. The summed E-state index contributed by atoms with van der Waals surface area (Å²) in [7, 11) is -3.34. The molecule has 1 aliphatic heterocycles. The lowest BCUT2D eigenvalue weighted by Crippen LogP contribution is -2.38. The summed E-state index contributed by atoms with van der Waals surface area (Å²) in [5, 5.41) is 23.4. The molecule has 152 valence electrons. The Kier molecular flexibility index (Phi) is 4.59. The summed E-state index contributed by atoms with van der Waals surface area (Å²) < 4.78 is 22.9. The normalized spacial score (nSPS) is 21.1. The standard InChI is InChI=1S/C20H20N2O6S/c23-11-20(6-7-20)13-3-1-12(2-4-13)17-16(24)9-15(19(26)22-17)18(25)21-14-5-8-29(27,28)10-14/h1-5,8-9,14,23-24H,6-7,10-11H2,(H,21,25)(H,22,26)/t14-/m1/s1. The highest BCUT2D eigenvalue weighted by atomic mass is 32.2. The molecular formula is C20H20N2O6S. The van der Waals surface area contributed by atoms with Crippen LogP contribution in [0, 0.1) is 0 Å². The third-order valence-electron chi connectivity index (χ3n) is 5.45. The zero-order chi connectivity index (χ0) is 20.8. The molecule has 0 saturated heterocycles. The van der Waals surface area contributed by atoms with E-state index in [4.69, 9.17) is 0 Å². The molecule has 9 heteroatoms. The number of H-pyrrole nitrogens is 1. The van der Waals surface area contributed by atoms with E-state index in [9.17, 15) is 28.2 Å². The van der Waals surface area contributed by atoms with E-state index in [2.05, 4.69) is 10.3 Å². The fourth-order valence-electron chi connectivity index (χ4n) is 3.50. The van der Waals surface area contributed by atoms with Gasteiger partial charge in [0.15, 0.2) is 9.84 Å². The second-order valence-corrected chi connectivity index (χ2v) is 9.46. The van der Waals surface area contributed by atoms with Crippen LogP contribution in [0.5, 0.6) is 5.75 Å². The number of carbonyl (C=O) groups excluding carboxylic acids is 1. The predicted octanol–water partition coefficient (Wildman–Crippen LogP) is 0.812. The second-order valence-electron chi connectivity index (χ2n) is 7.53. The molecular weight excluding hydrogens is 396 g/mol. The number of rotatable bonds is 5. The predicted molar refractivity (Wildman–Crippen MR) is 106 cm³/mol. The molecule has 2 aliphatic rings. The number of sulfone groups is 1. The largest absolute Gasteiger partial charge is 0.506 e. The third kappa shape index (κ3) is 3.70. The number of nitrogens with one attached hydrogen (secondary N) is 2. The molecule has 1 aliphatic carbocycles. The van der Waals surface area contributed by atoms with E-state index in [0.717, 1.165) is 29.9 Å². The molecule has 4 N–H and O–H groups in total. The average Bonchev–Trinajstić information content (AvgIpc) is 3.42. The number of aromatic amines is 1. The van der Waals surface area contributed by atoms with Gasteiger partial charge in [0.2, 0.25) is 0 Å². The molecule has 0 spiro atoms. The number of aromatic nitrogens is 1. The first-order valence-electron chi connectivity index (χ1n) is 9.13. The summed E-state index contributed by atoms with van der Waals surface area (Å²) >= 11 is 0. The Morgan fingerprint density at radius 1 is 1.24 bits per heavy atom. The summed E-state index contributed by atoms with van der Waals surface area (Å²) in [6.07, 6.45) is 3.19. The van der Waals surface area contributed by atoms with Crippen molar-refractivity contribution < 1.29 is 23.4 Å². The second kappa shape index (κ2) is 6.85. The van der Waals surface area contributed by atoms with Gasteiger partial charge in [-0.25, -0.2) is 8.42 Å². The van der Waals surface area contributed by atoms with Crippen LogP contribution in [0.3, 0.4) is 0 Å². The van der Waals surface area contributed by atoms with E-state index in [1.807, 2.05) is 12.1 Å². The Balaban J connectivity index is 1.57. The molecule has 2 heterocycles. The van der Waals surface area contributed by atoms with Crippen molar-refractivity contribution in [1.29, 1.82) is 0 Å². The summed E-state index contributed by atoms with van der Waals surface area (Å²) in [5.74, 6) is -1.31. The van der Waals surface area contributed by atoms with E-state index < -0.39 is 27.3 Å². The molecule has 1 aromatic carbocycles. The number of carbonyl (C=O) groups is 1. The topological polar surface area (TPSA) is 137 Å². The summed E-state index contributed by atoms with van der Waals surface area (Å²) in [6, 6.07) is 7.53. The van der Waals surface area contributed by atoms with E-state index in [1.165, 1.54) is 6.08 Å². The Bertz CT molecular complexity index is 1160. The molecule has 4 rings (SSSR count). The SMILES string of the molecule is O=C(N[C@@H]1C=CS(=O)(=O)C1)c1cc(O)c(-c2ccc(C3(CO)CC3)cc2)[nH]c1=O. The maximum atomic E-state index is 12.4. The Hall–Kier alpha value is -2.91. The minimum Gasteiger partial charge on any atom is -0.506 e. The van der Waals surface area contributed by atoms with Crippen molar-refractivity contribution in [2.24, 2.45) is 0 Å². The Labute approximate surface area is 166 Å². The highest BCUT2D eigenvalue weighted by Crippen LogP contribution is 2.47. The monoisotopic (exact) mass is 416 g/mol. The first-order valence-corrected chi connectivity index (χ1v) is 10.8. The lowest BCUT2D eigenvalue weighted by molar-refractivity contribution is 0.0945. The average molecular weight is 416 g/mol. The van der Waals surface area contributed by atoms with Crippen molar-refractivity contribution in [3.05, 3.63) is 63.3 Å². The minimum atomic E-state index is -3.34. The van der Waals surface area contributed by atoms with Gasteiger partial charge < -0.3 is 20.5 Å². The molecule has 0 bridgehead atoms. The van der Waals surface area contributed by atoms with Crippen LogP contribution in [0.4, 0.5) is 0 Å². The molecule has 8 nitrogen and oxygen atoms in total. The summed E-state index contributed by atoms with van der Waals surface area (Å²) in [5.41, 5.74) is 0.555. The van der Waals surface area contributed by atoms with Crippen molar-refractivity contribution in [3.8, 4) is 17.0 Å². The molecule has 0 unspecified atom stereocenters. The quantitative estimate of drug-likeness (QED) is 0.569. The molecule has 1 atom stereocenters. The molecule has 1 amide bonds. The van der Waals surface area contributed by atoms with Crippen molar-refractivity contribution in [2.75, 3.05) is 12.4 Å². The van der Waals surface area contributed by atoms with E-state index in [-0.39, 0.29) is 34.8 Å². The van der Waals surface area contributed by atoms with E-state index in [1.54, 1.807) is 12.1 Å². The van der Waals surface area contributed by atoms with Crippen LogP contribution in [-0.4, -0.2) is 47.9 Å². The van der Waals surface area contributed by atoms with Crippen LogP contribution in [0.2, 0.25) is 0 Å². The Morgan fingerprint density at radius 2 is 1.93 bits per heavy atom. The van der Waals surface area contributed by atoms with Gasteiger partial charge in [-0.15, -0.1) is 0 Å². The first kappa shape index (κ1) is 19.4. The van der Waals surface area contributed by atoms with Gasteiger partial charge in [-0.2, -0.15) is 0 Å². The highest BCUT2D eigenvalue weighted by Gasteiger charge is 2.43. The zero-order valence-corrected chi connectivity index (χ0v) is 16.2. The first-order chi connectivity index (χ1) is 13.7. The fraction of sp³-hybridized carbons (Fsp3) is 0.300. The van der Waals surface area contributed by atoms with Gasteiger partial charge in [0, 0.05) is 22.5 Å². The van der Waals surface area contributed by atoms with Crippen molar-refractivity contribution in [3.63, 3.8) is 0 Å². The zero-order valence-electron chi connectivity index (χ0n) is 15.4. The third-order valence-corrected chi connectivity index (χ3v) is 6.85. The van der Waals surface area contributed by atoms with Crippen LogP contribution in [0.25, 0.3) is 11.3 Å². The van der Waals surface area contributed by atoms with Crippen LogP contribution in [0.15, 0.2) is 46.6 Å². The van der Waals surface area contributed by atoms with Crippen LogP contribution >= 0.6 is 0 Å². The maximum Gasteiger partial charge on any atom is 0.261 e. The number of aliphatic hydroxyl groups excluding tert-OH is 1. The van der Waals surface area contributed by atoms with E-state index >= 15 is 0 Å².